The Kier molecular flexibility index (Phi) is 4.32. The second-order valence-corrected chi connectivity index (χ2v) is 6.29. The zero-order valence-corrected chi connectivity index (χ0v) is 14.7. The highest BCUT2D eigenvalue weighted by Gasteiger charge is 2.15. The molecule has 0 unspecified atom stereocenters. The summed E-state index contributed by atoms with van der Waals surface area (Å²) in [4.78, 5) is 11.0. The van der Waals surface area contributed by atoms with E-state index in [2.05, 4.69) is 27.9 Å². The number of ether oxygens (including phenoxy) is 2. The van der Waals surface area contributed by atoms with Crippen molar-refractivity contribution in [2.75, 3.05) is 24.7 Å². The summed E-state index contributed by atoms with van der Waals surface area (Å²) in [5.41, 5.74) is 1.99. The summed E-state index contributed by atoms with van der Waals surface area (Å²) in [6, 6.07) is 11.8. The van der Waals surface area contributed by atoms with E-state index in [-0.39, 0.29) is 0 Å². The van der Waals surface area contributed by atoms with Crippen molar-refractivity contribution in [2.24, 2.45) is 0 Å². The van der Waals surface area contributed by atoms with E-state index in [1.54, 1.807) is 6.33 Å². The molecule has 0 radical (unpaired) electrons. The van der Waals surface area contributed by atoms with Crippen molar-refractivity contribution in [3.63, 3.8) is 0 Å². The molecule has 4 rings (SSSR count). The minimum atomic E-state index is 0.589. The molecule has 25 heavy (non-hydrogen) atoms. The Bertz CT molecular complexity index is 916. The van der Waals surface area contributed by atoms with Crippen LogP contribution in [0.15, 0.2) is 42.7 Å². The summed E-state index contributed by atoms with van der Waals surface area (Å²) >= 11 is 6.08. The molecule has 1 aliphatic heterocycles. The lowest BCUT2D eigenvalue weighted by molar-refractivity contribution is 0.171. The summed E-state index contributed by atoms with van der Waals surface area (Å²) in [7, 11) is 0. The maximum absolute atomic E-state index is 6.08. The monoisotopic (exact) mass is 355 g/mol. The molecule has 0 aliphatic carbocycles. The fourth-order valence-corrected chi connectivity index (χ4v) is 3.18. The lowest BCUT2D eigenvalue weighted by Gasteiger charge is -2.24. The molecule has 0 bridgehead atoms. The molecule has 128 valence electrons. The van der Waals surface area contributed by atoms with Crippen molar-refractivity contribution in [3.05, 3.63) is 53.3 Å². The summed E-state index contributed by atoms with van der Waals surface area (Å²) < 4.78 is 11.3. The highest BCUT2D eigenvalue weighted by atomic mass is 35.5. The van der Waals surface area contributed by atoms with Crippen LogP contribution in [-0.2, 0) is 6.54 Å². The molecule has 0 atom stereocenters. The summed E-state index contributed by atoms with van der Waals surface area (Å²) in [6.45, 7) is 4.85. The predicted octanol–water partition coefficient (Wildman–Crippen LogP) is 4.08. The van der Waals surface area contributed by atoms with Crippen molar-refractivity contribution < 1.29 is 9.47 Å². The minimum absolute atomic E-state index is 0.589. The van der Waals surface area contributed by atoms with E-state index >= 15 is 0 Å². The van der Waals surface area contributed by atoms with Crippen LogP contribution in [-0.4, -0.2) is 29.7 Å². The first-order chi connectivity index (χ1) is 12.2. The second kappa shape index (κ2) is 6.76. The normalized spacial score (nSPS) is 13.0. The molecule has 1 aromatic heterocycles. The van der Waals surface area contributed by atoms with Crippen molar-refractivity contribution >= 4 is 28.3 Å². The molecule has 0 saturated heterocycles. The molecule has 0 spiro atoms. The summed E-state index contributed by atoms with van der Waals surface area (Å²) in [5.74, 6) is 2.51. The summed E-state index contributed by atoms with van der Waals surface area (Å²) in [5, 5.41) is 1.67. The van der Waals surface area contributed by atoms with Gasteiger partial charge in [0.05, 0.1) is 5.52 Å². The van der Waals surface area contributed by atoms with Gasteiger partial charge in [0.25, 0.3) is 0 Å². The zero-order chi connectivity index (χ0) is 17.2. The van der Waals surface area contributed by atoms with Crippen molar-refractivity contribution in [2.45, 2.75) is 13.5 Å². The third kappa shape index (κ3) is 3.20. The zero-order valence-electron chi connectivity index (χ0n) is 13.9. The Morgan fingerprint density at radius 1 is 1.04 bits per heavy atom. The van der Waals surface area contributed by atoms with Gasteiger partial charge in [-0.15, -0.1) is 0 Å². The van der Waals surface area contributed by atoms with E-state index in [0.717, 1.165) is 46.9 Å². The molecule has 0 N–H and O–H groups in total. The van der Waals surface area contributed by atoms with Crippen molar-refractivity contribution in [1.82, 2.24) is 9.97 Å². The molecule has 0 fully saturated rings. The van der Waals surface area contributed by atoms with Gasteiger partial charge in [-0.25, -0.2) is 9.97 Å². The highest BCUT2D eigenvalue weighted by Crippen LogP contribution is 2.32. The van der Waals surface area contributed by atoms with E-state index < -0.39 is 0 Å². The third-order valence-corrected chi connectivity index (χ3v) is 4.47. The minimum Gasteiger partial charge on any atom is -0.486 e. The van der Waals surface area contributed by atoms with Crippen molar-refractivity contribution in [3.8, 4) is 11.5 Å². The maximum Gasteiger partial charge on any atom is 0.161 e. The molecule has 3 aromatic rings. The smallest absolute Gasteiger partial charge is 0.161 e. The largest absolute Gasteiger partial charge is 0.486 e. The topological polar surface area (TPSA) is 47.5 Å². The van der Waals surface area contributed by atoms with Gasteiger partial charge >= 0.3 is 0 Å². The fraction of sp³-hybridized carbons (Fsp3) is 0.263. The van der Waals surface area contributed by atoms with E-state index in [1.807, 2.05) is 30.3 Å². The van der Waals surface area contributed by atoms with Crippen LogP contribution in [0, 0.1) is 0 Å². The molecule has 6 heteroatoms. The number of nitrogens with zero attached hydrogens (tertiary/aromatic N) is 3. The maximum atomic E-state index is 6.08. The molecule has 0 saturated carbocycles. The third-order valence-electron chi connectivity index (χ3n) is 4.24. The average molecular weight is 356 g/mol. The number of hydrogen-bond acceptors (Lipinski definition) is 5. The molecule has 0 amide bonds. The van der Waals surface area contributed by atoms with Gasteiger partial charge in [-0.3, -0.25) is 0 Å². The van der Waals surface area contributed by atoms with Gasteiger partial charge < -0.3 is 14.4 Å². The van der Waals surface area contributed by atoms with Crippen molar-refractivity contribution in [1.29, 1.82) is 0 Å². The Balaban J connectivity index is 1.67. The van der Waals surface area contributed by atoms with Gasteiger partial charge in [0.15, 0.2) is 11.5 Å². The molecular weight excluding hydrogens is 338 g/mol. The Labute approximate surface area is 151 Å². The van der Waals surface area contributed by atoms with Crippen LogP contribution in [0.25, 0.3) is 10.9 Å². The lowest BCUT2D eigenvalue weighted by atomic mass is 10.1. The Hall–Kier alpha value is -2.53. The second-order valence-electron chi connectivity index (χ2n) is 5.85. The van der Waals surface area contributed by atoms with Gasteiger partial charge in [-0.1, -0.05) is 17.7 Å². The van der Waals surface area contributed by atoms with Gasteiger partial charge in [-0.2, -0.15) is 0 Å². The van der Waals surface area contributed by atoms with Gasteiger partial charge in [0.1, 0.15) is 25.4 Å². The standard InChI is InChI=1S/C19H18ClN3O2/c1-2-23(11-13-3-6-17-18(9-13)25-8-7-24-17)19-15-5-4-14(20)10-16(15)21-12-22-19/h3-6,9-10,12H,2,7-8,11H2,1H3. The van der Waals surface area contributed by atoms with Crippen LogP contribution >= 0.6 is 11.6 Å². The molecule has 2 aromatic carbocycles. The van der Waals surface area contributed by atoms with Crippen LogP contribution in [0.2, 0.25) is 5.02 Å². The molecule has 2 heterocycles. The van der Waals surface area contributed by atoms with E-state index in [0.29, 0.717) is 18.2 Å². The number of anilines is 1. The fourth-order valence-electron chi connectivity index (χ4n) is 3.01. The number of fused-ring (bicyclic) bond motifs is 2. The highest BCUT2D eigenvalue weighted by molar-refractivity contribution is 6.31. The number of halogens is 1. The average Bonchev–Trinajstić information content (AvgIpc) is 2.65. The van der Waals surface area contributed by atoms with Crippen LogP contribution in [0.3, 0.4) is 0 Å². The Morgan fingerprint density at radius 3 is 2.72 bits per heavy atom. The van der Waals surface area contributed by atoms with Crippen LogP contribution in [0.1, 0.15) is 12.5 Å². The van der Waals surface area contributed by atoms with Crippen LogP contribution in [0.5, 0.6) is 11.5 Å². The quantitative estimate of drug-likeness (QED) is 0.705. The van der Waals surface area contributed by atoms with Crippen LogP contribution in [0.4, 0.5) is 5.82 Å². The number of hydrogen-bond donors (Lipinski definition) is 0. The Morgan fingerprint density at radius 2 is 1.88 bits per heavy atom. The van der Waals surface area contributed by atoms with Gasteiger partial charge in [0.2, 0.25) is 0 Å². The summed E-state index contributed by atoms with van der Waals surface area (Å²) in [6.07, 6.45) is 1.58. The number of aromatic nitrogens is 2. The predicted molar refractivity (Wildman–Crippen MR) is 98.7 cm³/mol. The van der Waals surface area contributed by atoms with Crippen LogP contribution < -0.4 is 14.4 Å². The molecule has 5 nitrogen and oxygen atoms in total. The number of benzene rings is 2. The molecule has 1 aliphatic rings. The first kappa shape index (κ1) is 16.0. The number of rotatable bonds is 4. The van der Waals surface area contributed by atoms with E-state index in [1.165, 1.54) is 0 Å². The van der Waals surface area contributed by atoms with E-state index in [4.69, 9.17) is 21.1 Å². The SMILES string of the molecule is CCN(Cc1ccc2c(c1)OCCO2)c1ncnc2cc(Cl)ccc12. The van der Waals surface area contributed by atoms with Gasteiger partial charge in [0, 0.05) is 23.5 Å². The first-order valence-electron chi connectivity index (χ1n) is 8.28. The lowest BCUT2D eigenvalue weighted by Crippen LogP contribution is -2.24. The first-order valence-corrected chi connectivity index (χ1v) is 8.66. The van der Waals surface area contributed by atoms with E-state index in [9.17, 15) is 0 Å². The molecular formula is C19H18ClN3O2. The van der Waals surface area contributed by atoms with Gasteiger partial charge in [-0.05, 0) is 42.8 Å².